The summed E-state index contributed by atoms with van der Waals surface area (Å²) < 4.78 is 15.3. The van der Waals surface area contributed by atoms with Crippen LogP contribution in [0.2, 0.25) is 0 Å². The Morgan fingerprint density at radius 2 is 2.05 bits per heavy atom. The molecule has 1 heterocycles. The highest BCUT2D eigenvalue weighted by Crippen LogP contribution is 2.09. The lowest BCUT2D eigenvalue weighted by Crippen LogP contribution is -2.27. The number of allylic oxidation sites excluding steroid dienone is 4. The third kappa shape index (κ3) is 4.05. The summed E-state index contributed by atoms with van der Waals surface area (Å²) in [6.07, 6.45) is 6.98. The van der Waals surface area contributed by atoms with Gasteiger partial charge in [0.05, 0.1) is 11.9 Å². The summed E-state index contributed by atoms with van der Waals surface area (Å²) in [6, 6.07) is 0. The molecule has 3 nitrogen and oxygen atoms in total. The van der Waals surface area contributed by atoms with E-state index in [9.17, 15) is 4.39 Å². The molecule has 0 aromatic carbocycles. The topological polar surface area (TPSA) is 43.3 Å². The molecule has 0 unspecified atom stereocenters. The van der Waals surface area contributed by atoms with Gasteiger partial charge in [0.15, 0.2) is 5.83 Å². The van der Waals surface area contributed by atoms with Crippen LogP contribution in [0.4, 0.5) is 4.39 Å². The molecule has 0 aliphatic carbocycles. The first-order valence-electron chi connectivity index (χ1n) is 6.62. The Bertz CT molecular complexity index is 742. The van der Waals surface area contributed by atoms with E-state index in [2.05, 4.69) is 18.2 Å². The van der Waals surface area contributed by atoms with Gasteiger partial charge in [-0.1, -0.05) is 24.8 Å². The van der Waals surface area contributed by atoms with Crippen LogP contribution >= 0.6 is 0 Å². The average Bonchev–Trinajstić information content (AvgIpc) is 2.72. The largest absolute Gasteiger partial charge is 0.400 e. The maximum absolute atomic E-state index is 13.4. The molecule has 4 heteroatoms. The molecule has 0 saturated heterocycles. The van der Waals surface area contributed by atoms with Crippen molar-refractivity contribution in [1.29, 1.82) is 0 Å². The summed E-state index contributed by atoms with van der Waals surface area (Å²) in [5.74, 6) is -0.558. The van der Waals surface area contributed by atoms with E-state index in [0.717, 1.165) is 27.9 Å². The minimum atomic E-state index is -0.558. The molecule has 0 aliphatic rings. The molecule has 112 valence electrons. The van der Waals surface area contributed by atoms with Gasteiger partial charge in [0, 0.05) is 35.1 Å². The van der Waals surface area contributed by atoms with Crippen molar-refractivity contribution in [3.8, 4) is 0 Å². The highest BCUT2D eigenvalue weighted by atomic mass is 19.1. The summed E-state index contributed by atoms with van der Waals surface area (Å²) in [7, 11) is 1.90. The van der Waals surface area contributed by atoms with E-state index in [1.165, 1.54) is 6.92 Å². The molecule has 0 aliphatic heterocycles. The van der Waals surface area contributed by atoms with Crippen LogP contribution in [-0.4, -0.2) is 10.8 Å². The number of aliphatic imine (C=N–C) groups is 1. The Balaban J connectivity index is 3.36. The lowest BCUT2D eigenvalue weighted by molar-refractivity contribution is 0.672. The van der Waals surface area contributed by atoms with Crippen LogP contribution in [0.25, 0.3) is 18.4 Å². The number of nitrogens with zero attached hydrogens (tertiary/aromatic N) is 2. The van der Waals surface area contributed by atoms with Crippen LogP contribution in [0.1, 0.15) is 26.3 Å². The molecule has 0 bridgehead atoms. The van der Waals surface area contributed by atoms with E-state index in [0.29, 0.717) is 5.70 Å². The Morgan fingerprint density at radius 3 is 2.57 bits per heavy atom. The molecule has 1 rings (SSSR count). The van der Waals surface area contributed by atoms with Crippen molar-refractivity contribution >= 4 is 24.6 Å². The Hall–Kier alpha value is -2.36. The van der Waals surface area contributed by atoms with Gasteiger partial charge in [-0.15, -0.1) is 0 Å². The number of rotatable bonds is 4. The van der Waals surface area contributed by atoms with Crippen LogP contribution in [0.15, 0.2) is 40.9 Å². The minimum Gasteiger partial charge on any atom is -0.400 e. The van der Waals surface area contributed by atoms with Gasteiger partial charge in [-0.25, -0.2) is 4.39 Å². The SMILES string of the molecule is C=C(/N=C\C(F)=C(/C)N)c1cn(C)c(=C)/c1=C\C(C)=C/C. The fraction of sp³-hybridized carbons (Fsp3) is 0.235. The molecule has 2 N–H and O–H groups in total. The molecule has 0 amide bonds. The maximum Gasteiger partial charge on any atom is 0.159 e. The highest BCUT2D eigenvalue weighted by molar-refractivity contribution is 5.83. The fourth-order valence-corrected chi connectivity index (χ4v) is 1.69. The van der Waals surface area contributed by atoms with Crippen LogP contribution in [0.5, 0.6) is 0 Å². The van der Waals surface area contributed by atoms with Crippen LogP contribution in [0, 0.1) is 0 Å². The van der Waals surface area contributed by atoms with Gasteiger partial charge < -0.3 is 10.3 Å². The van der Waals surface area contributed by atoms with Crippen molar-refractivity contribution in [2.75, 3.05) is 0 Å². The zero-order valence-electron chi connectivity index (χ0n) is 13.1. The molecule has 1 aromatic heterocycles. The van der Waals surface area contributed by atoms with Gasteiger partial charge in [0.25, 0.3) is 0 Å². The molecule has 0 radical (unpaired) electrons. The summed E-state index contributed by atoms with van der Waals surface area (Å²) in [5.41, 5.74) is 7.84. The second-order valence-corrected chi connectivity index (χ2v) is 4.93. The standard InChI is InChI=1S/C17H22FN3/c1-7-11(2)8-15-14(5)21(6)10-16(15)13(4)20-9-17(18)12(3)19/h7-10H,4-5,19H2,1-3,6H3/b11-7-,15-8+,17-12-,20-9-. The predicted molar refractivity (Wildman–Crippen MR) is 89.6 cm³/mol. The molecule has 0 fully saturated rings. The van der Waals surface area contributed by atoms with E-state index in [4.69, 9.17) is 5.73 Å². The Labute approximate surface area is 125 Å². The first-order chi connectivity index (χ1) is 9.77. The first-order valence-corrected chi connectivity index (χ1v) is 6.62. The van der Waals surface area contributed by atoms with E-state index < -0.39 is 5.83 Å². The number of aryl methyl sites for hydroxylation is 1. The van der Waals surface area contributed by atoms with Crippen molar-refractivity contribution in [1.82, 2.24) is 4.57 Å². The van der Waals surface area contributed by atoms with Gasteiger partial charge in [-0.3, -0.25) is 4.99 Å². The maximum atomic E-state index is 13.4. The quantitative estimate of drug-likeness (QED) is 0.849. The predicted octanol–water partition coefficient (Wildman–Crippen LogP) is 2.38. The molecule has 1 aromatic rings. The highest BCUT2D eigenvalue weighted by Gasteiger charge is 2.05. The second kappa shape index (κ2) is 6.88. The van der Waals surface area contributed by atoms with Crippen molar-refractivity contribution in [2.24, 2.45) is 17.8 Å². The van der Waals surface area contributed by atoms with Gasteiger partial charge in [0.2, 0.25) is 0 Å². The van der Waals surface area contributed by atoms with Gasteiger partial charge in [-0.05, 0) is 26.8 Å². The summed E-state index contributed by atoms with van der Waals surface area (Å²) >= 11 is 0. The van der Waals surface area contributed by atoms with E-state index >= 15 is 0 Å². The van der Waals surface area contributed by atoms with Crippen molar-refractivity contribution in [3.63, 3.8) is 0 Å². The lowest BCUT2D eigenvalue weighted by atomic mass is 10.1. The Morgan fingerprint density at radius 1 is 1.43 bits per heavy atom. The zero-order valence-corrected chi connectivity index (χ0v) is 13.1. The van der Waals surface area contributed by atoms with Crippen molar-refractivity contribution < 1.29 is 4.39 Å². The molecule has 21 heavy (non-hydrogen) atoms. The number of halogens is 1. The first kappa shape index (κ1) is 16.7. The number of nitrogens with two attached hydrogens (primary N) is 1. The van der Waals surface area contributed by atoms with Gasteiger partial charge in [-0.2, -0.15) is 0 Å². The molecule has 0 saturated carbocycles. The summed E-state index contributed by atoms with van der Waals surface area (Å²) in [4.78, 5) is 4.05. The average molecular weight is 287 g/mol. The smallest absolute Gasteiger partial charge is 0.159 e. The monoisotopic (exact) mass is 287 g/mol. The van der Waals surface area contributed by atoms with E-state index in [1.54, 1.807) is 0 Å². The minimum absolute atomic E-state index is 0.0917. The van der Waals surface area contributed by atoms with Crippen LogP contribution in [-0.2, 0) is 7.05 Å². The third-order valence-corrected chi connectivity index (χ3v) is 3.20. The summed E-state index contributed by atoms with van der Waals surface area (Å²) in [5, 5.41) is 1.79. The fourth-order valence-electron chi connectivity index (χ4n) is 1.69. The van der Waals surface area contributed by atoms with Crippen molar-refractivity contribution in [3.05, 3.63) is 52.1 Å². The van der Waals surface area contributed by atoms with Crippen molar-refractivity contribution in [2.45, 2.75) is 20.8 Å². The third-order valence-electron chi connectivity index (χ3n) is 3.20. The molecule has 0 atom stereocenters. The molecular formula is C17H22FN3. The zero-order chi connectivity index (χ0) is 16.2. The molecule has 0 spiro atoms. The Kier molecular flexibility index (Phi) is 5.47. The van der Waals surface area contributed by atoms with Crippen LogP contribution < -0.4 is 16.3 Å². The van der Waals surface area contributed by atoms with E-state index in [-0.39, 0.29) is 5.70 Å². The molecular weight excluding hydrogens is 265 g/mol. The number of aromatic nitrogens is 1. The lowest BCUT2D eigenvalue weighted by Gasteiger charge is -1.97. The van der Waals surface area contributed by atoms with E-state index in [1.807, 2.05) is 43.8 Å². The summed E-state index contributed by atoms with van der Waals surface area (Å²) in [6.45, 7) is 13.4. The van der Waals surface area contributed by atoms with Crippen LogP contribution in [0.3, 0.4) is 0 Å². The number of hydrogen-bond acceptors (Lipinski definition) is 2. The van der Waals surface area contributed by atoms with Gasteiger partial charge in [0.1, 0.15) is 0 Å². The number of hydrogen-bond donors (Lipinski definition) is 1. The normalized spacial score (nSPS) is 14.7. The second-order valence-electron chi connectivity index (χ2n) is 4.93. The van der Waals surface area contributed by atoms with Gasteiger partial charge >= 0.3 is 0 Å².